The summed E-state index contributed by atoms with van der Waals surface area (Å²) in [6, 6.07) is 10.0. The molecule has 2 aromatic rings. The molecule has 1 atom stereocenters. The number of nitrogens with one attached hydrogen (secondary N) is 1. The number of nitrogens with two attached hydrogens (primary N) is 1. The first-order valence-electron chi connectivity index (χ1n) is 9.85. The SMILES string of the molecule is Cc1cc(N2CCN(C(C(=O)NC(N)=O)c3ccccc3)CC2)nc(C(C)C)n1. The van der Waals surface area contributed by atoms with Gasteiger partial charge in [-0.3, -0.25) is 15.0 Å². The molecule has 8 nitrogen and oxygen atoms in total. The van der Waals surface area contributed by atoms with Crippen molar-refractivity contribution in [1.82, 2.24) is 20.2 Å². The van der Waals surface area contributed by atoms with Crippen molar-refractivity contribution in [3.63, 3.8) is 0 Å². The molecular formula is C21H28N6O2. The minimum atomic E-state index is -0.841. The van der Waals surface area contributed by atoms with E-state index in [0.29, 0.717) is 13.1 Å². The van der Waals surface area contributed by atoms with Gasteiger partial charge in [0.15, 0.2) is 0 Å². The van der Waals surface area contributed by atoms with Crippen molar-refractivity contribution >= 4 is 17.8 Å². The van der Waals surface area contributed by atoms with E-state index in [4.69, 9.17) is 10.7 Å². The Labute approximate surface area is 171 Å². The second-order valence-corrected chi connectivity index (χ2v) is 7.57. The maximum absolute atomic E-state index is 12.7. The number of urea groups is 1. The fraction of sp³-hybridized carbons (Fsp3) is 0.429. The van der Waals surface area contributed by atoms with E-state index in [-0.39, 0.29) is 5.92 Å². The summed E-state index contributed by atoms with van der Waals surface area (Å²) in [7, 11) is 0. The van der Waals surface area contributed by atoms with Gasteiger partial charge in [-0.1, -0.05) is 44.2 Å². The summed E-state index contributed by atoms with van der Waals surface area (Å²) in [6.45, 7) is 8.91. The predicted octanol–water partition coefficient (Wildman–Crippen LogP) is 1.97. The molecule has 8 heteroatoms. The lowest BCUT2D eigenvalue weighted by atomic mass is 10.0. The summed E-state index contributed by atoms with van der Waals surface area (Å²) in [6.07, 6.45) is 0. The monoisotopic (exact) mass is 396 g/mol. The molecule has 29 heavy (non-hydrogen) atoms. The van der Waals surface area contributed by atoms with Crippen molar-refractivity contribution in [2.24, 2.45) is 5.73 Å². The van der Waals surface area contributed by atoms with Crippen LogP contribution in [0.5, 0.6) is 0 Å². The van der Waals surface area contributed by atoms with Gasteiger partial charge in [-0.25, -0.2) is 14.8 Å². The van der Waals surface area contributed by atoms with Crippen molar-refractivity contribution in [3.05, 3.63) is 53.5 Å². The van der Waals surface area contributed by atoms with E-state index in [1.54, 1.807) is 0 Å². The summed E-state index contributed by atoms with van der Waals surface area (Å²) >= 11 is 0. The molecule has 0 spiro atoms. The summed E-state index contributed by atoms with van der Waals surface area (Å²) < 4.78 is 0. The Kier molecular flexibility index (Phi) is 6.43. The number of hydrogen-bond acceptors (Lipinski definition) is 6. The molecule has 1 fully saturated rings. The normalized spacial score (nSPS) is 15.9. The zero-order valence-electron chi connectivity index (χ0n) is 17.1. The lowest BCUT2D eigenvalue weighted by Gasteiger charge is -2.39. The zero-order valence-corrected chi connectivity index (χ0v) is 17.1. The number of piperazine rings is 1. The largest absolute Gasteiger partial charge is 0.354 e. The highest BCUT2D eigenvalue weighted by Gasteiger charge is 2.31. The van der Waals surface area contributed by atoms with Gasteiger partial charge >= 0.3 is 6.03 Å². The van der Waals surface area contributed by atoms with Gasteiger partial charge in [-0.15, -0.1) is 0 Å². The van der Waals surface area contributed by atoms with Crippen LogP contribution in [0, 0.1) is 6.92 Å². The molecule has 1 aliphatic rings. The third-order valence-electron chi connectivity index (χ3n) is 4.99. The van der Waals surface area contributed by atoms with E-state index in [0.717, 1.165) is 36.0 Å². The van der Waals surface area contributed by atoms with Crippen molar-refractivity contribution in [1.29, 1.82) is 0 Å². The summed E-state index contributed by atoms with van der Waals surface area (Å²) in [4.78, 5) is 37.4. The molecule has 1 unspecified atom stereocenters. The Morgan fingerprint density at radius 2 is 1.72 bits per heavy atom. The number of benzene rings is 1. The van der Waals surface area contributed by atoms with Crippen LogP contribution in [0.25, 0.3) is 0 Å². The van der Waals surface area contributed by atoms with Crippen molar-refractivity contribution in [3.8, 4) is 0 Å². The zero-order chi connectivity index (χ0) is 21.0. The van der Waals surface area contributed by atoms with E-state index in [2.05, 4.69) is 33.9 Å². The van der Waals surface area contributed by atoms with Crippen LogP contribution in [0.3, 0.4) is 0 Å². The van der Waals surface area contributed by atoms with Crippen LogP contribution in [0.15, 0.2) is 36.4 Å². The first-order valence-corrected chi connectivity index (χ1v) is 9.85. The van der Waals surface area contributed by atoms with Crippen molar-refractivity contribution in [2.75, 3.05) is 31.1 Å². The second-order valence-electron chi connectivity index (χ2n) is 7.57. The molecule has 0 saturated carbocycles. The fourth-order valence-corrected chi connectivity index (χ4v) is 3.56. The Morgan fingerprint density at radius 1 is 1.07 bits per heavy atom. The van der Waals surface area contributed by atoms with E-state index >= 15 is 0 Å². The smallest absolute Gasteiger partial charge is 0.318 e. The molecule has 0 bridgehead atoms. The number of hydrogen-bond donors (Lipinski definition) is 2. The standard InChI is InChI=1S/C21H28N6O2/c1-14(2)19-23-15(3)13-17(24-19)26-9-11-27(12-10-26)18(20(28)25-21(22)29)16-7-5-4-6-8-16/h4-8,13-14,18H,9-12H2,1-3H3,(H3,22,25,28,29). The number of nitrogens with zero attached hydrogens (tertiary/aromatic N) is 4. The third kappa shape index (κ3) is 5.08. The highest BCUT2D eigenvalue weighted by Crippen LogP contribution is 2.25. The van der Waals surface area contributed by atoms with Gasteiger partial charge in [0.25, 0.3) is 0 Å². The first-order chi connectivity index (χ1) is 13.8. The van der Waals surface area contributed by atoms with Gasteiger partial charge in [-0.2, -0.15) is 0 Å². The number of amides is 3. The summed E-state index contributed by atoms with van der Waals surface area (Å²) in [5.74, 6) is 1.61. The second kappa shape index (κ2) is 9.00. The predicted molar refractivity (Wildman–Crippen MR) is 112 cm³/mol. The molecular weight excluding hydrogens is 368 g/mol. The maximum atomic E-state index is 12.7. The van der Waals surface area contributed by atoms with Crippen LogP contribution in [-0.4, -0.2) is 53.0 Å². The van der Waals surface area contributed by atoms with E-state index in [1.807, 2.05) is 43.3 Å². The third-order valence-corrected chi connectivity index (χ3v) is 4.99. The molecule has 1 aromatic heterocycles. The van der Waals surface area contributed by atoms with Gasteiger partial charge in [0, 0.05) is 43.9 Å². The molecule has 1 aliphatic heterocycles. The number of rotatable bonds is 5. The van der Waals surface area contributed by atoms with Crippen LogP contribution in [-0.2, 0) is 4.79 Å². The quantitative estimate of drug-likeness (QED) is 0.801. The van der Waals surface area contributed by atoms with Crippen molar-refractivity contribution < 1.29 is 9.59 Å². The number of aryl methyl sites for hydroxylation is 1. The topological polar surface area (TPSA) is 104 Å². The molecule has 3 rings (SSSR count). The lowest BCUT2D eigenvalue weighted by Crippen LogP contribution is -2.52. The fourth-order valence-electron chi connectivity index (χ4n) is 3.56. The number of imide groups is 1. The molecule has 154 valence electrons. The number of carbonyl (C=O) groups is 2. The molecule has 0 aliphatic carbocycles. The Morgan fingerprint density at radius 3 is 2.31 bits per heavy atom. The van der Waals surface area contributed by atoms with Crippen LogP contribution in [0.1, 0.15) is 42.9 Å². The van der Waals surface area contributed by atoms with Gasteiger partial charge in [0.05, 0.1) is 0 Å². The molecule has 2 heterocycles. The van der Waals surface area contributed by atoms with Crippen LogP contribution in [0.2, 0.25) is 0 Å². The van der Waals surface area contributed by atoms with Crippen molar-refractivity contribution in [2.45, 2.75) is 32.7 Å². The van der Waals surface area contributed by atoms with Gasteiger partial charge < -0.3 is 10.6 Å². The Balaban J connectivity index is 1.76. The van der Waals surface area contributed by atoms with Crippen LogP contribution in [0.4, 0.5) is 10.6 Å². The molecule has 3 amide bonds. The summed E-state index contributed by atoms with van der Waals surface area (Å²) in [5.41, 5.74) is 6.96. The Hall–Kier alpha value is -3.00. The van der Waals surface area contributed by atoms with Gasteiger partial charge in [0.1, 0.15) is 17.7 Å². The highest BCUT2D eigenvalue weighted by atomic mass is 16.2. The maximum Gasteiger partial charge on any atom is 0.318 e. The van der Waals surface area contributed by atoms with Gasteiger partial charge in [-0.05, 0) is 12.5 Å². The number of primary amides is 1. The van der Waals surface area contributed by atoms with Gasteiger partial charge in [0.2, 0.25) is 5.91 Å². The molecule has 0 radical (unpaired) electrons. The van der Waals surface area contributed by atoms with Crippen LogP contribution >= 0.6 is 0 Å². The minimum absolute atomic E-state index is 0.259. The van der Waals surface area contributed by atoms with E-state index in [1.165, 1.54) is 0 Å². The molecule has 1 aromatic carbocycles. The first kappa shape index (κ1) is 20.7. The number of aromatic nitrogens is 2. The van der Waals surface area contributed by atoms with E-state index in [9.17, 15) is 9.59 Å². The number of anilines is 1. The van der Waals surface area contributed by atoms with Crippen LogP contribution < -0.4 is 16.0 Å². The van der Waals surface area contributed by atoms with E-state index < -0.39 is 18.0 Å². The average molecular weight is 396 g/mol. The summed E-state index contributed by atoms with van der Waals surface area (Å²) in [5, 5.41) is 2.23. The Bertz CT molecular complexity index is 863. The minimum Gasteiger partial charge on any atom is -0.354 e. The molecule has 1 saturated heterocycles. The number of carbonyl (C=O) groups excluding carboxylic acids is 2. The highest BCUT2D eigenvalue weighted by molar-refractivity contribution is 5.96. The average Bonchev–Trinajstić information content (AvgIpc) is 2.68. The lowest BCUT2D eigenvalue weighted by molar-refractivity contribution is -0.125. The molecule has 3 N–H and O–H groups in total.